The van der Waals surface area contributed by atoms with Crippen molar-refractivity contribution >= 4 is 18.1 Å². The molecule has 0 saturated carbocycles. The summed E-state index contributed by atoms with van der Waals surface area (Å²) in [5, 5.41) is 4.27. The minimum atomic E-state index is 0.283. The number of aromatic nitrogens is 5. The molecule has 100 valence electrons. The number of aliphatic imine (C=N–C) groups is 1. The van der Waals surface area contributed by atoms with Gasteiger partial charge in [-0.3, -0.25) is 15.3 Å². The standard InChI is InChI=1S/C12H11N7O/c1-20-16-8-15-11-17-12-14-7-5-10(19(12)18-11)9-4-2-3-6-13-9/h2-8H,1H3,(H,15,16,18). The third-order valence-electron chi connectivity index (χ3n) is 2.51. The van der Waals surface area contributed by atoms with E-state index in [4.69, 9.17) is 0 Å². The number of hydrogen-bond acceptors (Lipinski definition) is 6. The van der Waals surface area contributed by atoms with Crippen LogP contribution >= 0.6 is 0 Å². The summed E-state index contributed by atoms with van der Waals surface area (Å²) < 4.78 is 1.60. The van der Waals surface area contributed by atoms with E-state index in [2.05, 4.69) is 35.4 Å². The smallest absolute Gasteiger partial charge is 0.272 e. The highest BCUT2D eigenvalue weighted by Gasteiger charge is 2.09. The van der Waals surface area contributed by atoms with Crippen LogP contribution in [0.5, 0.6) is 0 Å². The quantitative estimate of drug-likeness (QED) is 0.431. The molecule has 3 aromatic rings. The topological polar surface area (TPSA) is 89.6 Å². The third-order valence-corrected chi connectivity index (χ3v) is 2.51. The maximum absolute atomic E-state index is 4.64. The van der Waals surface area contributed by atoms with Crippen LogP contribution in [-0.2, 0) is 4.84 Å². The average Bonchev–Trinajstić information content (AvgIpc) is 2.91. The van der Waals surface area contributed by atoms with Crippen molar-refractivity contribution in [2.24, 2.45) is 4.99 Å². The van der Waals surface area contributed by atoms with Gasteiger partial charge in [-0.05, 0) is 18.2 Å². The highest BCUT2D eigenvalue weighted by Crippen LogP contribution is 2.17. The van der Waals surface area contributed by atoms with E-state index < -0.39 is 0 Å². The summed E-state index contributed by atoms with van der Waals surface area (Å²) in [6.45, 7) is 0. The van der Waals surface area contributed by atoms with Crippen LogP contribution in [0.3, 0.4) is 0 Å². The van der Waals surface area contributed by atoms with Gasteiger partial charge in [0, 0.05) is 12.4 Å². The minimum absolute atomic E-state index is 0.283. The molecule has 0 fully saturated rings. The lowest BCUT2D eigenvalue weighted by Gasteiger charge is -2.01. The number of nitrogens with zero attached hydrogens (tertiary/aromatic N) is 6. The SMILES string of the molecule is CON/C=N/c1nc2nccc(-c3ccccn3)n2n1. The first-order valence-corrected chi connectivity index (χ1v) is 5.83. The van der Waals surface area contributed by atoms with Crippen LogP contribution in [0.4, 0.5) is 5.95 Å². The van der Waals surface area contributed by atoms with E-state index >= 15 is 0 Å². The molecule has 0 aliphatic rings. The van der Waals surface area contributed by atoms with Crippen LogP contribution in [0.15, 0.2) is 41.7 Å². The third kappa shape index (κ3) is 2.31. The fourth-order valence-corrected chi connectivity index (χ4v) is 1.68. The van der Waals surface area contributed by atoms with Crippen molar-refractivity contribution in [3.8, 4) is 11.4 Å². The molecule has 20 heavy (non-hydrogen) atoms. The van der Waals surface area contributed by atoms with Crippen molar-refractivity contribution in [3.63, 3.8) is 0 Å². The molecular formula is C12H11N7O. The number of nitrogens with one attached hydrogen (secondary N) is 1. The Morgan fingerprint density at radius 3 is 3.00 bits per heavy atom. The summed E-state index contributed by atoms with van der Waals surface area (Å²) in [5.74, 6) is 0.739. The van der Waals surface area contributed by atoms with E-state index in [0.29, 0.717) is 5.78 Å². The molecule has 1 N–H and O–H groups in total. The van der Waals surface area contributed by atoms with Crippen LogP contribution in [0.2, 0.25) is 0 Å². The van der Waals surface area contributed by atoms with Crippen LogP contribution in [0.1, 0.15) is 0 Å². The van der Waals surface area contributed by atoms with Gasteiger partial charge in [0.1, 0.15) is 6.34 Å². The highest BCUT2D eigenvalue weighted by molar-refractivity contribution is 5.59. The van der Waals surface area contributed by atoms with Gasteiger partial charge in [0.05, 0.1) is 18.5 Å². The number of pyridine rings is 1. The first-order chi connectivity index (χ1) is 9.88. The van der Waals surface area contributed by atoms with Gasteiger partial charge < -0.3 is 0 Å². The highest BCUT2D eigenvalue weighted by atomic mass is 16.6. The summed E-state index contributed by atoms with van der Waals surface area (Å²) in [7, 11) is 1.49. The Hall–Kier alpha value is -2.87. The Labute approximate surface area is 114 Å². The van der Waals surface area contributed by atoms with E-state index in [1.54, 1.807) is 16.9 Å². The van der Waals surface area contributed by atoms with Crippen LogP contribution in [0.25, 0.3) is 17.2 Å². The second kappa shape index (κ2) is 5.41. The van der Waals surface area contributed by atoms with Crippen molar-refractivity contribution in [1.29, 1.82) is 0 Å². The van der Waals surface area contributed by atoms with Gasteiger partial charge in [-0.1, -0.05) is 6.07 Å². The summed E-state index contributed by atoms with van der Waals surface area (Å²) in [5.41, 5.74) is 4.06. The van der Waals surface area contributed by atoms with Gasteiger partial charge in [0.2, 0.25) is 0 Å². The summed E-state index contributed by atoms with van der Waals surface area (Å²) >= 11 is 0. The lowest BCUT2D eigenvalue weighted by atomic mass is 10.2. The molecule has 0 bridgehead atoms. The Morgan fingerprint density at radius 2 is 2.20 bits per heavy atom. The molecule has 0 unspecified atom stereocenters. The predicted molar refractivity (Wildman–Crippen MR) is 72.3 cm³/mol. The Bertz CT molecular complexity index is 738. The van der Waals surface area contributed by atoms with E-state index in [0.717, 1.165) is 11.4 Å². The molecule has 8 heteroatoms. The first-order valence-electron chi connectivity index (χ1n) is 5.83. The van der Waals surface area contributed by atoms with Crippen LogP contribution in [-0.4, -0.2) is 38.0 Å². The zero-order valence-electron chi connectivity index (χ0n) is 10.6. The fourth-order valence-electron chi connectivity index (χ4n) is 1.68. The van der Waals surface area contributed by atoms with Crippen molar-refractivity contribution in [2.75, 3.05) is 7.11 Å². The maximum Gasteiger partial charge on any atom is 0.272 e. The van der Waals surface area contributed by atoms with Crippen LogP contribution in [0, 0.1) is 0 Å². The molecule has 3 heterocycles. The lowest BCUT2D eigenvalue weighted by Crippen LogP contribution is -2.07. The van der Waals surface area contributed by atoms with Gasteiger partial charge in [-0.2, -0.15) is 14.5 Å². The predicted octanol–water partition coefficient (Wildman–Crippen LogP) is 0.997. The van der Waals surface area contributed by atoms with Gasteiger partial charge in [0.15, 0.2) is 0 Å². The zero-order valence-corrected chi connectivity index (χ0v) is 10.6. The monoisotopic (exact) mass is 269 g/mol. The lowest BCUT2D eigenvalue weighted by molar-refractivity contribution is 0.148. The Kier molecular flexibility index (Phi) is 3.29. The molecule has 0 amide bonds. The molecule has 0 aromatic carbocycles. The second-order valence-corrected chi connectivity index (χ2v) is 3.75. The minimum Gasteiger partial charge on any atom is -0.279 e. The number of fused-ring (bicyclic) bond motifs is 1. The van der Waals surface area contributed by atoms with E-state index in [1.165, 1.54) is 13.4 Å². The fraction of sp³-hybridized carbons (Fsp3) is 0.0833. The van der Waals surface area contributed by atoms with Gasteiger partial charge in [0.25, 0.3) is 11.7 Å². The molecule has 0 radical (unpaired) electrons. The van der Waals surface area contributed by atoms with Crippen LogP contribution < -0.4 is 5.48 Å². The normalized spacial score (nSPS) is 11.2. The molecule has 0 spiro atoms. The molecule has 8 nitrogen and oxygen atoms in total. The molecule has 0 saturated heterocycles. The van der Waals surface area contributed by atoms with Crippen molar-refractivity contribution in [1.82, 2.24) is 30.0 Å². The van der Waals surface area contributed by atoms with Crippen molar-refractivity contribution in [2.45, 2.75) is 0 Å². The van der Waals surface area contributed by atoms with Gasteiger partial charge in [-0.15, -0.1) is 5.10 Å². The first kappa shape index (κ1) is 12.2. The summed E-state index contributed by atoms with van der Waals surface area (Å²) in [6.07, 6.45) is 4.74. The summed E-state index contributed by atoms with van der Waals surface area (Å²) in [4.78, 5) is 21.3. The van der Waals surface area contributed by atoms with Gasteiger partial charge >= 0.3 is 0 Å². The van der Waals surface area contributed by atoms with E-state index in [1.807, 2.05) is 24.3 Å². The molecule has 0 aliphatic carbocycles. The number of hydroxylamine groups is 1. The number of rotatable bonds is 4. The molecule has 3 rings (SSSR count). The average molecular weight is 269 g/mol. The molecule has 0 atom stereocenters. The van der Waals surface area contributed by atoms with Crippen molar-refractivity contribution in [3.05, 3.63) is 36.7 Å². The molecular weight excluding hydrogens is 258 g/mol. The van der Waals surface area contributed by atoms with E-state index in [-0.39, 0.29) is 5.95 Å². The molecule has 3 aromatic heterocycles. The largest absolute Gasteiger partial charge is 0.279 e. The zero-order chi connectivity index (χ0) is 13.8. The van der Waals surface area contributed by atoms with E-state index in [9.17, 15) is 0 Å². The van der Waals surface area contributed by atoms with Crippen molar-refractivity contribution < 1.29 is 4.84 Å². The Balaban J connectivity index is 2.06. The summed E-state index contributed by atoms with van der Waals surface area (Å²) in [6, 6.07) is 7.49. The Morgan fingerprint density at radius 1 is 1.25 bits per heavy atom. The number of hydrogen-bond donors (Lipinski definition) is 1. The second-order valence-electron chi connectivity index (χ2n) is 3.75. The maximum atomic E-state index is 4.64. The molecule has 0 aliphatic heterocycles. The van der Waals surface area contributed by atoms with Gasteiger partial charge in [-0.25, -0.2) is 4.98 Å².